The van der Waals surface area contributed by atoms with Crippen LogP contribution >= 0.6 is 0 Å². The van der Waals surface area contributed by atoms with E-state index in [9.17, 15) is 4.79 Å². The molecule has 1 aromatic rings. The van der Waals surface area contributed by atoms with Gasteiger partial charge < -0.3 is 4.52 Å². The summed E-state index contributed by atoms with van der Waals surface area (Å²) in [6.07, 6.45) is 1.83. The molecular formula is C9H11NO2. The van der Waals surface area contributed by atoms with Gasteiger partial charge in [0.2, 0.25) is 0 Å². The highest BCUT2D eigenvalue weighted by atomic mass is 16.5. The van der Waals surface area contributed by atoms with E-state index in [2.05, 4.69) is 5.16 Å². The van der Waals surface area contributed by atoms with Crippen LogP contribution in [0, 0.1) is 6.92 Å². The number of carbonyl (C=O) groups excluding carboxylic acids is 1. The number of carbonyl (C=O) groups is 1. The van der Waals surface area contributed by atoms with E-state index < -0.39 is 0 Å². The van der Waals surface area contributed by atoms with Gasteiger partial charge in [0.15, 0.2) is 5.76 Å². The number of aryl methyl sites for hydroxylation is 1. The molecule has 1 fully saturated rings. The summed E-state index contributed by atoms with van der Waals surface area (Å²) in [5.74, 6) is 0.936. The quantitative estimate of drug-likeness (QED) is 0.668. The van der Waals surface area contributed by atoms with E-state index in [1.54, 1.807) is 6.92 Å². The summed E-state index contributed by atoms with van der Waals surface area (Å²) in [4.78, 5) is 11.2. The average molecular weight is 165 g/mol. The average Bonchev–Trinajstić information content (AvgIpc) is 2.71. The monoisotopic (exact) mass is 165 g/mol. The van der Waals surface area contributed by atoms with E-state index in [1.807, 2.05) is 13.0 Å². The van der Waals surface area contributed by atoms with Crippen LogP contribution in [0.4, 0.5) is 0 Å². The molecule has 0 saturated heterocycles. The summed E-state index contributed by atoms with van der Waals surface area (Å²) in [7, 11) is 0. The Morgan fingerprint density at radius 2 is 2.33 bits per heavy atom. The molecule has 0 atom stereocenters. The second-order valence-corrected chi connectivity index (χ2v) is 3.47. The third kappa shape index (κ3) is 0.891. The second-order valence-electron chi connectivity index (χ2n) is 3.47. The van der Waals surface area contributed by atoms with Crippen LogP contribution in [0.25, 0.3) is 0 Å². The molecular weight excluding hydrogens is 154 g/mol. The van der Waals surface area contributed by atoms with Gasteiger partial charge >= 0.3 is 0 Å². The number of rotatable bonds is 2. The molecule has 1 aliphatic rings. The van der Waals surface area contributed by atoms with Crippen LogP contribution in [0.2, 0.25) is 0 Å². The maximum Gasteiger partial charge on any atom is 0.150 e. The van der Waals surface area contributed by atoms with E-state index >= 15 is 0 Å². The zero-order valence-electron chi connectivity index (χ0n) is 7.26. The van der Waals surface area contributed by atoms with Gasteiger partial charge in [-0.25, -0.2) is 0 Å². The predicted octanol–water partition coefficient (Wildman–Crippen LogP) is 1.60. The van der Waals surface area contributed by atoms with Crippen molar-refractivity contribution in [3.8, 4) is 0 Å². The lowest BCUT2D eigenvalue weighted by Crippen LogP contribution is -2.15. The molecule has 0 unspecified atom stereocenters. The fourth-order valence-electron chi connectivity index (χ4n) is 1.49. The molecule has 3 heteroatoms. The van der Waals surface area contributed by atoms with Crippen LogP contribution in [-0.4, -0.2) is 10.9 Å². The van der Waals surface area contributed by atoms with E-state index in [0.717, 1.165) is 24.3 Å². The molecule has 0 aliphatic heterocycles. The standard InChI is InChI=1S/C9H11NO2/c1-6-5-8(12-10-6)9(3-4-9)7(2)11/h5H,3-4H2,1-2H3. The highest BCUT2D eigenvalue weighted by Crippen LogP contribution is 2.48. The van der Waals surface area contributed by atoms with Gasteiger partial charge in [-0.3, -0.25) is 4.79 Å². The minimum absolute atomic E-state index is 0.193. The number of hydrogen-bond donors (Lipinski definition) is 0. The molecule has 0 aromatic carbocycles. The molecule has 0 amide bonds. The van der Waals surface area contributed by atoms with Crippen molar-refractivity contribution >= 4 is 5.78 Å². The van der Waals surface area contributed by atoms with Gasteiger partial charge in [0.25, 0.3) is 0 Å². The molecule has 0 bridgehead atoms. The van der Waals surface area contributed by atoms with Gasteiger partial charge in [0, 0.05) is 6.07 Å². The highest BCUT2D eigenvalue weighted by Gasteiger charge is 2.52. The van der Waals surface area contributed by atoms with Crippen LogP contribution in [0.5, 0.6) is 0 Å². The summed E-state index contributed by atoms with van der Waals surface area (Å²) in [6.45, 7) is 3.48. The molecule has 64 valence electrons. The van der Waals surface area contributed by atoms with Gasteiger partial charge in [0.05, 0.1) is 11.1 Å². The van der Waals surface area contributed by atoms with Crippen molar-refractivity contribution in [1.29, 1.82) is 0 Å². The first-order valence-electron chi connectivity index (χ1n) is 4.10. The normalized spacial score (nSPS) is 19.2. The summed E-state index contributed by atoms with van der Waals surface area (Å²) < 4.78 is 5.08. The fourth-order valence-corrected chi connectivity index (χ4v) is 1.49. The Morgan fingerprint density at radius 1 is 1.67 bits per heavy atom. The van der Waals surface area contributed by atoms with Gasteiger partial charge in [-0.15, -0.1) is 0 Å². The van der Waals surface area contributed by atoms with Crippen molar-refractivity contribution in [3.63, 3.8) is 0 Å². The van der Waals surface area contributed by atoms with Crippen molar-refractivity contribution in [1.82, 2.24) is 5.16 Å². The summed E-state index contributed by atoms with van der Waals surface area (Å²) in [5.41, 5.74) is 0.541. The first kappa shape index (κ1) is 7.53. The molecule has 1 aliphatic carbocycles. The van der Waals surface area contributed by atoms with E-state index in [4.69, 9.17) is 4.52 Å². The van der Waals surface area contributed by atoms with Crippen molar-refractivity contribution in [2.24, 2.45) is 0 Å². The molecule has 0 N–H and O–H groups in total. The van der Waals surface area contributed by atoms with Crippen LogP contribution in [-0.2, 0) is 10.2 Å². The lowest BCUT2D eigenvalue weighted by molar-refractivity contribution is -0.119. The third-order valence-electron chi connectivity index (χ3n) is 2.52. The molecule has 12 heavy (non-hydrogen) atoms. The Morgan fingerprint density at radius 3 is 2.67 bits per heavy atom. The first-order chi connectivity index (χ1) is 5.65. The largest absolute Gasteiger partial charge is 0.360 e. The molecule has 0 radical (unpaired) electrons. The second kappa shape index (κ2) is 2.19. The number of aromatic nitrogens is 1. The van der Waals surface area contributed by atoms with Crippen LogP contribution in [0.3, 0.4) is 0 Å². The zero-order valence-corrected chi connectivity index (χ0v) is 7.26. The van der Waals surface area contributed by atoms with Crippen LogP contribution in [0.15, 0.2) is 10.6 Å². The Balaban J connectivity index is 2.36. The number of Topliss-reactive ketones (excluding diaryl/α,β-unsaturated/α-hetero) is 1. The third-order valence-corrected chi connectivity index (χ3v) is 2.52. The Labute approximate surface area is 70.7 Å². The topological polar surface area (TPSA) is 43.1 Å². The molecule has 2 rings (SSSR count). The summed E-state index contributed by atoms with van der Waals surface area (Å²) in [5, 5.41) is 3.78. The number of nitrogens with zero attached hydrogens (tertiary/aromatic N) is 1. The number of hydrogen-bond acceptors (Lipinski definition) is 3. The van der Waals surface area contributed by atoms with Gasteiger partial charge in [-0.1, -0.05) is 5.16 Å². The van der Waals surface area contributed by atoms with Gasteiger partial charge in [-0.2, -0.15) is 0 Å². The minimum atomic E-state index is -0.304. The van der Waals surface area contributed by atoms with Crippen molar-refractivity contribution in [2.75, 3.05) is 0 Å². The minimum Gasteiger partial charge on any atom is -0.360 e. The lowest BCUT2D eigenvalue weighted by atomic mass is 9.99. The fraction of sp³-hybridized carbons (Fsp3) is 0.556. The number of ketones is 1. The highest BCUT2D eigenvalue weighted by molar-refractivity contribution is 5.90. The Kier molecular flexibility index (Phi) is 1.37. The smallest absolute Gasteiger partial charge is 0.150 e. The van der Waals surface area contributed by atoms with Gasteiger partial charge in [-0.05, 0) is 26.7 Å². The SMILES string of the molecule is CC(=O)C1(c2cc(C)no2)CC1. The van der Waals surface area contributed by atoms with E-state index in [0.29, 0.717) is 0 Å². The predicted molar refractivity (Wildman–Crippen MR) is 42.8 cm³/mol. The first-order valence-corrected chi connectivity index (χ1v) is 4.10. The molecule has 1 saturated carbocycles. The Hall–Kier alpha value is -1.12. The molecule has 0 spiro atoms. The van der Waals surface area contributed by atoms with E-state index in [1.165, 1.54) is 0 Å². The maximum atomic E-state index is 11.2. The Bertz CT molecular complexity index is 323. The zero-order chi connectivity index (χ0) is 8.77. The van der Waals surface area contributed by atoms with Crippen molar-refractivity contribution < 1.29 is 9.32 Å². The van der Waals surface area contributed by atoms with Crippen LogP contribution < -0.4 is 0 Å². The van der Waals surface area contributed by atoms with E-state index in [-0.39, 0.29) is 11.2 Å². The summed E-state index contributed by atoms with van der Waals surface area (Å²) >= 11 is 0. The van der Waals surface area contributed by atoms with Gasteiger partial charge in [0.1, 0.15) is 5.78 Å². The molecule has 3 nitrogen and oxygen atoms in total. The van der Waals surface area contributed by atoms with Crippen LogP contribution in [0.1, 0.15) is 31.2 Å². The summed E-state index contributed by atoms with van der Waals surface area (Å²) in [6, 6.07) is 1.86. The molecule has 1 heterocycles. The lowest BCUT2D eigenvalue weighted by Gasteiger charge is -2.03. The van der Waals surface area contributed by atoms with Crippen molar-refractivity contribution in [3.05, 3.63) is 17.5 Å². The maximum absolute atomic E-state index is 11.2. The van der Waals surface area contributed by atoms with Crippen molar-refractivity contribution in [2.45, 2.75) is 32.1 Å². The molecule has 1 aromatic heterocycles.